The van der Waals surface area contributed by atoms with Crippen LogP contribution in [0, 0.1) is 0 Å². The minimum atomic E-state index is -4.28. The second-order valence-corrected chi connectivity index (χ2v) is 6.56. The zero-order valence-electron chi connectivity index (χ0n) is 7.66. The van der Waals surface area contributed by atoms with E-state index in [4.69, 9.17) is 0 Å². The van der Waals surface area contributed by atoms with Gasteiger partial charge in [0.05, 0.1) is 7.57 Å². The predicted molar refractivity (Wildman–Crippen MR) is 62.2 cm³/mol. The fourth-order valence-corrected chi connectivity index (χ4v) is 4.06. The molecular weight excluding hydrogens is 359 g/mol. The number of alkyl halides is 3. The Bertz CT molecular complexity index is 337. The average Bonchev–Trinajstić information content (AvgIpc) is 2.39. The molecule has 0 aliphatic carbocycles. The van der Waals surface area contributed by atoms with Crippen LogP contribution in [0.3, 0.4) is 0 Å². The number of halogens is 5. The first-order valence-corrected chi connectivity index (χ1v) is 6.51. The highest BCUT2D eigenvalue weighted by Gasteiger charge is 2.41. The Morgan fingerprint density at radius 3 is 2.40 bits per heavy atom. The lowest BCUT2D eigenvalue weighted by atomic mass is 10.1. The molecule has 0 fully saturated rings. The van der Waals surface area contributed by atoms with Crippen LogP contribution in [-0.4, -0.2) is 12.7 Å². The van der Waals surface area contributed by atoms with Crippen molar-refractivity contribution in [2.45, 2.75) is 19.1 Å². The molecule has 15 heavy (non-hydrogen) atoms. The number of thiophene rings is 1. The van der Waals surface area contributed by atoms with Gasteiger partial charge >= 0.3 is 6.18 Å². The summed E-state index contributed by atoms with van der Waals surface area (Å²) in [7, 11) is 0. The zero-order chi connectivity index (χ0) is 11.6. The molecule has 0 aromatic carbocycles. The maximum Gasteiger partial charge on any atom is 0.407 e. The first-order valence-electron chi connectivity index (χ1n) is 4.11. The van der Waals surface area contributed by atoms with Gasteiger partial charge in [-0.15, -0.1) is 11.3 Å². The largest absolute Gasteiger partial charge is 0.407 e. The van der Waals surface area contributed by atoms with Crippen LogP contribution in [0.4, 0.5) is 13.2 Å². The third kappa shape index (κ3) is 3.44. The SMILES string of the molecule is CCNC(c1cc(Br)sc1Br)C(F)(F)F. The Hall–Kier alpha value is 0.410. The summed E-state index contributed by atoms with van der Waals surface area (Å²) in [6.45, 7) is 1.91. The molecule has 0 radical (unpaired) electrons. The summed E-state index contributed by atoms with van der Waals surface area (Å²) >= 11 is 7.52. The van der Waals surface area contributed by atoms with Gasteiger partial charge in [0, 0.05) is 5.56 Å². The van der Waals surface area contributed by atoms with Crippen molar-refractivity contribution in [1.82, 2.24) is 5.32 Å². The minimum Gasteiger partial charge on any atom is -0.303 e. The molecule has 0 bridgehead atoms. The van der Waals surface area contributed by atoms with Crippen molar-refractivity contribution in [1.29, 1.82) is 0 Å². The van der Waals surface area contributed by atoms with Gasteiger partial charge < -0.3 is 5.32 Å². The first-order chi connectivity index (χ1) is 6.86. The van der Waals surface area contributed by atoms with Crippen molar-refractivity contribution in [3.8, 4) is 0 Å². The van der Waals surface area contributed by atoms with E-state index in [9.17, 15) is 13.2 Å². The van der Waals surface area contributed by atoms with E-state index >= 15 is 0 Å². The Morgan fingerprint density at radius 2 is 2.07 bits per heavy atom. The zero-order valence-corrected chi connectivity index (χ0v) is 11.6. The summed E-state index contributed by atoms with van der Waals surface area (Å²) < 4.78 is 39.2. The Morgan fingerprint density at radius 1 is 1.47 bits per heavy atom. The topological polar surface area (TPSA) is 12.0 Å². The molecule has 1 heterocycles. The van der Waals surface area contributed by atoms with Crippen LogP contribution >= 0.6 is 43.2 Å². The number of hydrogen-bond donors (Lipinski definition) is 1. The van der Waals surface area contributed by atoms with Crippen molar-refractivity contribution in [3.05, 3.63) is 19.2 Å². The van der Waals surface area contributed by atoms with Crippen LogP contribution in [-0.2, 0) is 0 Å². The molecule has 0 amide bonds. The lowest BCUT2D eigenvalue weighted by Crippen LogP contribution is -2.33. The molecule has 1 nitrogen and oxygen atoms in total. The lowest BCUT2D eigenvalue weighted by Gasteiger charge is -2.20. The van der Waals surface area contributed by atoms with Crippen molar-refractivity contribution >= 4 is 43.2 Å². The summed E-state index contributed by atoms with van der Waals surface area (Å²) in [5, 5.41) is 2.42. The van der Waals surface area contributed by atoms with Crippen molar-refractivity contribution < 1.29 is 13.2 Å². The smallest absolute Gasteiger partial charge is 0.303 e. The molecule has 0 saturated carbocycles. The maximum atomic E-state index is 12.7. The van der Waals surface area contributed by atoms with Gasteiger partial charge in [0.25, 0.3) is 0 Å². The molecule has 1 aromatic rings. The van der Waals surface area contributed by atoms with Gasteiger partial charge in [-0.25, -0.2) is 0 Å². The quantitative estimate of drug-likeness (QED) is 0.831. The fourth-order valence-electron chi connectivity index (χ4n) is 1.16. The second kappa shape index (κ2) is 5.16. The predicted octanol–water partition coefficient (Wildman–Crippen LogP) is 4.49. The fraction of sp³-hybridized carbons (Fsp3) is 0.500. The van der Waals surface area contributed by atoms with Gasteiger partial charge in [0.15, 0.2) is 0 Å². The first kappa shape index (κ1) is 13.5. The highest BCUT2D eigenvalue weighted by Crippen LogP contribution is 2.41. The lowest BCUT2D eigenvalue weighted by molar-refractivity contribution is -0.157. The van der Waals surface area contributed by atoms with E-state index in [1.54, 1.807) is 6.92 Å². The maximum absolute atomic E-state index is 12.7. The van der Waals surface area contributed by atoms with Crippen LogP contribution in [0.1, 0.15) is 18.5 Å². The van der Waals surface area contributed by atoms with Gasteiger partial charge in [-0.2, -0.15) is 13.2 Å². The van der Waals surface area contributed by atoms with Crippen LogP contribution in [0.25, 0.3) is 0 Å². The summed E-state index contributed by atoms with van der Waals surface area (Å²) in [6.07, 6.45) is -4.28. The van der Waals surface area contributed by atoms with Crippen molar-refractivity contribution in [3.63, 3.8) is 0 Å². The third-order valence-electron chi connectivity index (χ3n) is 1.73. The molecule has 0 aliphatic rings. The van der Waals surface area contributed by atoms with E-state index in [2.05, 4.69) is 37.2 Å². The van der Waals surface area contributed by atoms with E-state index in [0.717, 1.165) is 0 Å². The second-order valence-electron chi connectivity index (χ2n) is 2.81. The molecule has 0 saturated heterocycles. The summed E-state index contributed by atoms with van der Waals surface area (Å²) in [6, 6.07) is -0.130. The van der Waals surface area contributed by atoms with E-state index in [0.29, 0.717) is 7.57 Å². The van der Waals surface area contributed by atoms with E-state index in [1.807, 2.05) is 0 Å². The molecule has 1 rings (SSSR count). The standard InChI is InChI=1S/C8H8Br2F3NS/c1-2-14-6(8(11,12)13)4-3-5(9)15-7(4)10/h3,6,14H,2H2,1H3. The van der Waals surface area contributed by atoms with E-state index in [1.165, 1.54) is 17.4 Å². The monoisotopic (exact) mass is 365 g/mol. The highest BCUT2D eigenvalue weighted by atomic mass is 79.9. The Kier molecular flexibility index (Phi) is 4.64. The molecule has 86 valence electrons. The van der Waals surface area contributed by atoms with Crippen molar-refractivity contribution in [2.75, 3.05) is 6.54 Å². The summed E-state index contributed by atoms with van der Waals surface area (Å²) in [4.78, 5) is 0. The van der Waals surface area contributed by atoms with E-state index < -0.39 is 12.2 Å². The number of rotatable bonds is 3. The van der Waals surface area contributed by atoms with Gasteiger partial charge in [-0.1, -0.05) is 6.92 Å². The van der Waals surface area contributed by atoms with Gasteiger partial charge in [0.1, 0.15) is 6.04 Å². The highest BCUT2D eigenvalue weighted by molar-refractivity contribution is 9.12. The molecule has 0 aliphatic heterocycles. The number of nitrogens with one attached hydrogen (secondary N) is 1. The molecular formula is C8H8Br2F3NS. The van der Waals surface area contributed by atoms with E-state index in [-0.39, 0.29) is 12.1 Å². The average molecular weight is 367 g/mol. The number of hydrogen-bond acceptors (Lipinski definition) is 2. The Balaban J connectivity index is 3.04. The normalized spacial score (nSPS) is 14.3. The van der Waals surface area contributed by atoms with Crippen LogP contribution in [0.15, 0.2) is 13.6 Å². The van der Waals surface area contributed by atoms with Gasteiger partial charge in [0.2, 0.25) is 0 Å². The Labute approximate surface area is 106 Å². The van der Waals surface area contributed by atoms with Crippen LogP contribution in [0.5, 0.6) is 0 Å². The van der Waals surface area contributed by atoms with Crippen LogP contribution < -0.4 is 5.32 Å². The summed E-state index contributed by atoms with van der Waals surface area (Å²) in [5.41, 5.74) is 0.223. The minimum absolute atomic E-state index is 0.223. The molecule has 1 unspecified atom stereocenters. The molecule has 1 aromatic heterocycles. The van der Waals surface area contributed by atoms with Gasteiger partial charge in [-0.05, 0) is 44.5 Å². The molecule has 1 N–H and O–H groups in total. The third-order valence-corrected chi connectivity index (χ3v) is 4.12. The summed E-state index contributed by atoms with van der Waals surface area (Å²) in [5.74, 6) is 0. The van der Waals surface area contributed by atoms with Gasteiger partial charge in [-0.3, -0.25) is 0 Å². The molecule has 7 heteroatoms. The molecule has 0 spiro atoms. The van der Waals surface area contributed by atoms with Crippen LogP contribution in [0.2, 0.25) is 0 Å². The molecule has 1 atom stereocenters. The van der Waals surface area contributed by atoms with Crippen molar-refractivity contribution in [2.24, 2.45) is 0 Å².